The van der Waals surface area contributed by atoms with E-state index >= 15 is 0 Å². The summed E-state index contributed by atoms with van der Waals surface area (Å²) in [4.78, 5) is 4.00. The molecule has 0 fully saturated rings. The summed E-state index contributed by atoms with van der Waals surface area (Å²) >= 11 is 0. The Morgan fingerprint density at radius 2 is 1.86 bits per heavy atom. The first-order valence-corrected chi connectivity index (χ1v) is 6.58. The quantitative estimate of drug-likeness (QED) is 0.785. The topological polar surface area (TPSA) is 56.7 Å². The van der Waals surface area contributed by atoms with E-state index in [1.54, 1.807) is 43.2 Å². The van der Waals surface area contributed by atoms with Crippen LogP contribution >= 0.6 is 0 Å². The molecule has 0 saturated carbocycles. The van der Waals surface area contributed by atoms with Gasteiger partial charge in [0.2, 0.25) is 0 Å². The molecule has 0 bridgehead atoms. The van der Waals surface area contributed by atoms with Crippen LogP contribution in [0.5, 0.6) is 0 Å². The number of nitrogens with two attached hydrogens (primary N) is 1. The highest BCUT2D eigenvalue weighted by molar-refractivity contribution is 5.88. The number of aromatic nitrogens is 3. The van der Waals surface area contributed by atoms with E-state index in [0.717, 1.165) is 11.1 Å². The van der Waals surface area contributed by atoms with Crippen LogP contribution in [0.2, 0.25) is 0 Å². The van der Waals surface area contributed by atoms with Gasteiger partial charge in [0.25, 0.3) is 0 Å². The van der Waals surface area contributed by atoms with Crippen LogP contribution in [0.3, 0.4) is 0 Å². The third-order valence-electron chi connectivity index (χ3n) is 3.51. The zero-order chi connectivity index (χ0) is 15.0. The van der Waals surface area contributed by atoms with Crippen molar-refractivity contribution in [1.29, 1.82) is 0 Å². The Morgan fingerprint density at radius 1 is 1.14 bits per heavy atom. The number of benzene rings is 1. The van der Waals surface area contributed by atoms with Gasteiger partial charge < -0.3 is 5.73 Å². The summed E-state index contributed by atoms with van der Waals surface area (Å²) in [5.41, 5.74) is 9.29. The van der Waals surface area contributed by atoms with Crippen LogP contribution in [0.4, 0.5) is 10.2 Å². The summed E-state index contributed by atoms with van der Waals surface area (Å²) in [7, 11) is 1.75. The van der Waals surface area contributed by atoms with Crippen molar-refractivity contribution in [2.24, 2.45) is 7.05 Å². The fraction of sp³-hybridized carbons (Fsp3) is 0.125. The first kappa shape index (κ1) is 13.3. The molecule has 21 heavy (non-hydrogen) atoms. The van der Waals surface area contributed by atoms with Crippen LogP contribution in [0, 0.1) is 12.7 Å². The van der Waals surface area contributed by atoms with Crippen molar-refractivity contribution in [1.82, 2.24) is 14.8 Å². The number of aryl methyl sites for hydroxylation is 2. The van der Waals surface area contributed by atoms with Crippen LogP contribution in [-0.2, 0) is 7.05 Å². The number of nitrogen functional groups attached to an aromatic ring is 1. The molecule has 2 heterocycles. The second kappa shape index (κ2) is 5.01. The fourth-order valence-electron chi connectivity index (χ4n) is 2.36. The maximum Gasteiger partial charge on any atom is 0.135 e. The van der Waals surface area contributed by atoms with E-state index in [1.807, 2.05) is 18.2 Å². The average Bonchev–Trinajstić information content (AvgIpc) is 2.78. The fourth-order valence-corrected chi connectivity index (χ4v) is 2.36. The highest BCUT2D eigenvalue weighted by Crippen LogP contribution is 2.37. The molecule has 106 valence electrons. The Labute approximate surface area is 122 Å². The van der Waals surface area contributed by atoms with Crippen LogP contribution in [0.1, 0.15) is 5.56 Å². The number of anilines is 1. The van der Waals surface area contributed by atoms with Crippen LogP contribution in [0.15, 0.2) is 42.7 Å². The van der Waals surface area contributed by atoms with Crippen LogP contribution in [-0.4, -0.2) is 14.8 Å². The van der Waals surface area contributed by atoms with Gasteiger partial charge in [-0.3, -0.25) is 9.67 Å². The van der Waals surface area contributed by atoms with Crippen molar-refractivity contribution in [2.75, 3.05) is 5.73 Å². The molecule has 2 aromatic heterocycles. The second-order valence-corrected chi connectivity index (χ2v) is 4.90. The second-order valence-electron chi connectivity index (χ2n) is 4.90. The van der Waals surface area contributed by atoms with E-state index in [2.05, 4.69) is 10.1 Å². The standard InChI is InChI=1S/C16H15FN4/c1-10-4-3-5-12(14(10)17)15-13(16(18)21(2)20-15)11-6-8-19-9-7-11/h3-9H,18H2,1-2H3. The Hall–Kier alpha value is -2.69. The van der Waals surface area contributed by atoms with Crippen molar-refractivity contribution in [3.8, 4) is 22.4 Å². The van der Waals surface area contributed by atoms with Crippen molar-refractivity contribution >= 4 is 5.82 Å². The molecule has 0 radical (unpaired) electrons. The third-order valence-corrected chi connectivity index (χ3v) is 3.51. The molecule has 1 aromatic carbocycles. The van der Waals surface area contributed by atoms with Gasteiger partial charge in [-0.15, -0.1) is 0 Å². The number of rotatable bonds is 2. The highest BCUT2D eigenvalue weighted by Gasteiger charge is 2.20. The van der Waals surface area contributed by atoms with Crippen molar-refractivity contribution in [3.05, 3.63) is 54.1 Å². The molecule has 0 amide bonds. The minimum Gasteiger partial charge on any atom is -0.383 e. The summed E-state index contributed by atoms with van der Waals surface area (Å²) in [5, 5.41) is 4.39. The molecule has 0 atom stereocenters. The largest absolute Gasteiger partial charge is 0.383 e. The smallest absolute Gasteiger partial charge is 0.135 e. The van der Waals surface area contributed by atoms with E-state index in [0.29, 0.717) is 22.6 Å². The Kier molecular flexibility index (Phi) is 3.17. The maximum atomic E-state index is 14.4. The van der Waals surface area contributed by atoms with E-state index in [1.165, 1.54) is 0 Å². The first-order chi connectivity index (χ1) is 10.1. The number of pyridine rings is 1. The molecule has 0 aliphatic rings. The maximum absolute atomic E-state index is 14.4. The normalized spacial score (nSPS) is 10.8. The van der Waals surface area contributed by atoms with E-state index in [-0.39, 0.29) is 5.82 Å². The summed E-state index contributed by atoms with van der Waals surface area (Å²) < 4.78 is 16.0. The minimum atomic E-state index is -0.272. The monoisotopic (exact) mass is 282 g/mol. The van der Waals surface area contributed by atoms with Gasteiger partial charge in [-0.1, -0.05) is 12.1 Å². The van der Waals surface area contributed by atoms with E-state index in [4.69, 9.17) is 5.73 Å². The van der Waals surface area contributed by atoms with Gasteiger partial charge in [0, 0.05) is 25.0 Å². The predicted octanol–water partition coefficient (Wildman–Crippen LogP) is 3.18. The molecular weight excluding hydrogens is 267 g/mol. The Balaban J connectivity index is 2.30. The van der Waals surface area contributed by atoms with Crippen molar-refractivity contribution in [2.45, 2.75) is 6.92 Å². The van der Waals surface area contributed by atoms with E-state index < -0.39 is 0 Å². The van der Waals surface area contributed by atoms with Crippen molar-refractivity contribution < 1.29 is 4.39 Å². The zero-order valence-corrected chi connectivity index (χ0v) is 11.8. The molecule has 2 N–H and O–H groups in total. The third kappa shape index (κ3) is 2.16. The molecule has 4 nitrogen and oxygen atoms in total. The van der Waals surface area contributed by atoms with Gasteiger partial charge in [-0.05, 0) is 36.2 Å². The Morgan fingerprint density at radius 3 is 2.57 bits per heavy atom. The van der Waals surface area contributed by atoms with Gasteiger partial charge in [-0.25, -0.2) is 4.39 Å². The van der Waals surface area contributed by atoms with E-state index in [9.17, 15) is 4.39 Å². The first-order valence-electron chi connectivity index (χ1n) is 6.58. The Bertz CT molecular complexity index is 794. The summed E-state index contributed by atoms with van der Waals surface area (Å²) in [6, 6.07) is 8.94. The number of nitrogens with zero attached hydrogens (tertiary/aromatic N) is 3. The average molecular weight is 282 g/mol. The zero-order valence-electron chi connectivity index (χ0n) is 11.8. The lowest BCUT2D eigenvalue weighted by atomic mass is 10.00. The molecule has 3 rings (SSSR count). The lowest BCUT2D eigenvalue weighted by Gasteiger charge is -2.06. The molecule has 5 heteroatoms. The van der Waals surface area contributed by atoms with Gasteiger partial charge in [0.15, 0.2) is 0 Å². The van der Waals surface area contributed by atoms with Gasteiger partial charge in [-0.2, -0.15) is 5.10 Å². The van der Waals surface area contributed by atoms with Crippen LogP contribution < -0.4 is 5.73 Å². The van der Waals surface area contributed by atoms with Gasteiger partial charge >= 0.3 is 0 Å². The molecule has 0 saturated heterocycles. The summed E-state index contributed by atoms with van der Waals surface area (Å²) in [6.07, 6.45) is 3.36. The van der Waals surface area contributed by atoms with Gasteiger partial charge in [0.05, 0.1) is 5.56 Å². The molecular formula is C16H15FN4. The lowest BCUT2D eigenvalue weighted by molar-refractivity contribution is 0.621. The lowest BCUT2D eigenvalue weighted by Crippen LogP contribution is -1.98. The van der Waals surface area contributed by atoms with Gasteiger partial charge in [0.1, 0.15) is 17.3 Å². The highest BCUT2D eigenvalue weighted by atomic mass is 19.1. The molecule has 3 aromatic rings. The number of hydrogen-bond acceptors (Lipinski definition) is 3. The minimum absolute atomic E-state index is 0.272. The summed E-state index contributed by atoms with van der Waals surface area (Å²) in [6.45, 7) is 1.73. The molecule has 0 unspecified atom stereocenters. The van der Waals surface area contributed by atoms with Crippen molar-refractivity contribution in [3.63, 3.8) is 0 Å². The molecule has 0 aliphatic heterocycles. The molecule has 0 aliphatic carbocycles. The number of hydrogen-bond donors (Lipinski definition) is 1. The SMILES string of the molecule is Cc1cccc(-c2nn(C)c(N)c2-c2ccncc2)c1F. The molecule has 0 spiro atoms. The van der Waals surface area contributed by atoms with Crippen LogP contribution in [0.25, 0.3) is 22.4 Å². The summed E-state index contributed by atoms with van der Waals surface area (Å²) in [5.74, 6) is 0.225. The predicted molar refractivity (Wildman–Crippen MR) is 81.0 cm³/mol. The number of halogens is 1.